The lowest BCUT2D eigenvalue weighted by molar-refractivity contribution is 0.101. The van der Waals surface area contributed by atoms with Gasteiger partial charge in [-0.3, -0.25) is 9.48 Å². The van der Waals surface area contributed by atoms with E-state index in [1.165, 1.54) is 6.20 Å². The molecule has 0 unspecified atom stereocenters. The number of anilines is 2. The summed E-state index contributed by atoms with van der Waals surface area (Å²) in [6, 6.07) is 7.48. The number of nitrogens with one attached hydrogen (secondary N) is 1. The van der Waals surface area contributed by atoms with Crippen LogP contribution in [0, 0.1) is 0 Å². The zero-order valence-corrected chi connectivity index (χ0v) is 11.6. The highest BCUT2D eigenvalue weighted by molar-refractivity contribution is 6.06. The summed E-state index contributed by atoms with van der Waals surface area (Å²) < 4.78 is 6.69. The Balaban J connectivity index is 2.26. The normalized spacial score (nSPS) is 10.5. The predicted octanol–water partition coefficient (Wildman–Crippen LogP) is 1.88. The molecule has 0 radical (unpaired) electrons. The first-order valence-electron chi connectivity index (χ1n) is 6.36. The van der Waals surface area contributed by atoms with E-state index in [0.717, 1.165) is 5.56 Å². The molecule has 0 saturated heterocycles. The summed E-state index contributed by atoms with van der Waals surface area (Å²) in [6.45, 7) is 2.92. The van der Waals surface area contributed by atoms with Crippen LogP contribution in [0.5, 0.6) is 0 Å². The Kier molecular flexibility index (Phi) is 4.37. The largest absolute Gasteiger partial charge is 0.396 e. The van der Waals surface area contributed by atoms with Crippen LogP contribution in [0.15, 0.2) is 30.5 Å². The summed E-state index contributed by atoms with van der Waals surface area (Å²) in [5, 5.41) is 6.92. The molecule has 1 heterocycles. The van der Waals surface area contributed by atoms with Crippen LogP contribution in [-0.2, 0) is 17.9 Å². The van der Waals surface area contributed by atoms with Crippen molar-refractivity contribution >= 4 is 17.3 Å². The van der Waals surface area contributed by atoms with E-state index in [2.05, 4.69) is 10.4 Å². The van der Waals surface area contributed by atoms with Crippen molar-refractivity contribution in [1.29, 1.82) is 0 Å². The Labute approximate surface area is 117 Å². The molecule has 0 bridgehead atoms. The summed E-state index contributed by atoms with van der Waals surface area (Å²) in [5.41, 5.74) is 8.16. The zero-order valence-electron chi connectivity index (χ0n) is 11.6. The molecule has 6 heteroatoms. The van der Waals surface area contributed by atoms with E-state index in [1.54, 1.807) is 11.8 Å². The lowest BCUT2D eigenvalue weighted by Gasteiger charge is -2.11. The van der Waals surface area contributed by atoms with Crippen molar-refractivity contribution in [3.05, 3.63) is 41.7 Å². The summed E-state index contributed by atoms with van der Waals surface area (Å²) in [6.07, 6.45) is 1.49. The molecule has 20 heavy (non-hydrogen) atoms. The molecule has 0 fully saturated rings. The van der Waals surface area contributed by atoms with E-state index in [4.69, 9.17) is 10.5 Å². The van der Waals surface area contributed by atoms with E-state index in [9.17, 15) is 4.79 Å². The molecule has 1 amide bonds. The fourth-order valence-corrected chi connectivity index (χ4v) is 1.99. The Morgan fingerprint density at radius 1 is 1.45 bits per heavy atom. The van der Waals surface area contributed by atoms with Gasteiger partial charge in [0.2, 0.25) is 0 Å². The van der Waals surface area contributed by atoms with E-state index in [1.807, 2.05) is 31.2 Å². The van der Waals surface area contributed by atoms with Crippen LogP contribution in [-0.4, -0.2) is 22.8 Å². The molecule has 2 rings (SSSR count). The summed E-state index contributed by atoms with van der Waals surface area (Å²) in [5.74, 6) is -0.273. The predicted molar refractivity (Wildman–Crippen MR) is 77.4 cm³/mol. The second-order valence-electron chi connectivity index (χ2n) is 4.31. The van der Waals surface area contributed by atoms with Crippen LogP contribution in [0.2, 0.25) is 0 Å². The fraction of sp³-hybridized carbons (Fsp3) is 0.286. The number of hydrogen-bond acceptors (Lipinski definition) is 4. The fourth-order valence-electron chi connectivity index (χ4n) is 1.99. The standard InChI is InChI=1S/C14H18N4O2/c1-3-18-13(11(15)8-16-18)14(19)17-12-7-5-4-6-10(12)9-20-2/h4-8H,3,9,15H2,1-2H3,(H,17,19). The Morgan fingerprint density at radius 3 is 2.90 bits per heavy atom. The number of rotatable bonds is 5. The molecule has 0 saturated carbocycles. The lowest BCUT2D eigenvalue weighted by Crippen LogP contribution is -2.19. The number of carbonyl (C=O) groups is 1. The third-order valence-corrected chi connectivity index (χ3v) is 2.95. The topological polar surface area (TPSA) is 82.2 Å². The van der Waals surface area contributed by atoms with Crippen molar-refractivity contribution in [2.75, 3.05) is 18.2 Å². The summed E-state index contributed by atoms with van der Waals surface area (Å²) in [4.78, 5) is 12.3. The number of para-hydroxylation sites is 1. The smallest absolute Gasteiger partial charge is 0.276 e. The van der Waals surface area contributed by atoms with Gasteiger partial charge in [-0.1, -0.05) is 18.2 Å². The maximum atomic E-state index is 12.3. The molecule has 2 aromatic rings. The number of benzene rings is 1. The molecule has 1 aromatic heterocycles. The van der Waals surface area contributed by atoms with E-state index in [0.29, 0.717) is 30.2 Å². The first-order valence-corrected chi connectivity index (χ1v) is 6.36. The van der Waals surface area contributed by atoms with Crippen molar-refractivity contribution in [2.24, 2.45) is 0 Å². The first-order chi connectivity index (χ1) is 9.67. The lowest BCUT2D eigenvalue weighted by atomic mass is 10.2. The molecular weight excluding hydrogens is 256 g/mol. The Morgan fingerprint density at radius 2 is 2.20 bits per heavy atom. The van der Waals surface area contributed by atoms with Gasteiger partial charge in [-0.15, -0.1) is 0 Å². The van der Waals surface area contributed by atoms with Crippen molar-refractivity contribution in [3.63, 3.8) is 0 Å². The minimum atomic E-state index is -0.273. The van der Waals surface area contributed by atoms with Crippen LogP contribution in [0.3, 0.4) is 0 Å². The van der Waals surface area contributed by atoms with Crippen molar-refractivity contribution in [1.82, 2.24) is 9.78 Å². The zero-order chi connectivity index (χ0) is 14.5. The van der Waals surface area contributed by atoms with Crippen molar-refractivity contribution < 1.29 is 9.53 Å². The quantitative estimate of drug-likeness (QED) is 0.872. The van der Waals surface area contributed by atoms with Gasteiger partial charge in [0.25, 0.3) is 5.91 Å². The van der Waals surface area contributed by atoms with Gasteiger partial charge in [0, 0.05) is 24.9 Å². The third kappa shape index (κ3) is 2.80. The number of methoxy groups -OCH3 is 1. The van der Waals surface area contributed by atoms with Crippen molar-refractivity contribution in [2.45, 2.75) is 20.1 Å². The Hall–Kier alpha value is -2.34. The maximum absolute atomic E-state index is 12.3. The molecule has 3 N–H and O–H groups in total. The molecule has 106 valence electrons. The van der Waals surface area contributed by atoms with Gasteiger partial charge < -0.3 is 15.8 Å². The number of aryl methyl sites for hydroxylation is 1. The number of hydrogen-bond donors (Lipinski definition) is 2. The Bertz CT molecular complexity index is 607. The van der Waals surface area contributed by atoms with Crippen LogP contribution in [0.1, 0.15) is 23.0 Å². The maximum Gasteiger partial charge on any atom is 0.276 e. The van der Waals surface area contributed by atoms with Crippen molar-refractivity contribution in [3.8, 4) is 0 Å². The molecule has 0 aliphatic carbocycles. The van der Waals surface area contributed by atoms with Crippen LogP contribution < -0.4 is 11.1 Å². The average molecular weight is 274 g/mol. The number of aromatic nitrogens is 2. The number of nitrogens with two attached hydrogens (primary N) is 1. The van der Waals surface area contributed by atoms with E-state index < -0.39 is 0 Å². The molecule has 0 aliphatic heterocycles. The van der Waals surface area contributed by atoms with Crippen LogP contribution in [0.25, 0.3) is 0 Å². The second kappa shape index (κ2) is 6.21. The van der Waals surface area contributed by atoms with Gasteiger partial charge in [0.05, 0.1) is 18.5 Å². The monoisotopic (exact) mass is 274 g/mol. The third-order valence-electron chi connectivity index (χ3n) is 2.95. The number of amides is 1. The minimum Gasteiger partial charge on any atom is -0.396 e. The molecule has 0 aliphatic rings. The highest BCUT2D eigenvalue weighted by atomic mass is 16.5. The number of carbonyl (C=O) groups excluding carboxylic acids is 1. The van der Waals surface area contributed by atoms with Gasteiger partial charge in [-0.25, -0.2) is 0 Å². The number of ether oxygens (including phenoxy) is 1. The highest BCUT2D eigenvalue weighted by Crippen LogP contribution is 2.19. The molecular formula is C14H18N4O2. The first kappa shape index (κ1) is 14.1. The molecule has 0 atom stereocenters. The summed E-state index contributed by atoms with van der Waals surface area (Å²) in [7, 11) is 1.61. The van der Waals surface area contributed by atoms with E-state index >= 15 is 0 Å². The van der Waals surface area contributed by atoms with Crippen LogP contribution in [0.4, 0.5) is 11.4 Å². The van der Waals surface area contributed by atoms with Gasteiger partial charge in [-0.05, 0) is 13.0 Å². The van der Waals surface area contributed by atoms with E-state index in [-0.39, 0.29) is 5.91 Å². The van der Waals surface area contributed by atoms with Gasteiger partial charge in [0.15, 0.2) is 0 Å². The molecule has 6 nitrogen and oxygen atoms in total. The number of nitrogen functional groups attached to an aromatic ring is 1. The van der Waals surface area contributed by atoms with Gasteiger partial charge in [0.1, 0.15) is 5.69 Å². The van der Waals surface area contributed by atoms with Crippen LogP contribution >= 0.6 is 0 Å². The van der Waals surface area contributed by atoms with Gasteiger partial charge in [-0.2, -0.15) is 5.10 Å². The summed E-state index contributed by atoms with van der Waals surface area (Å²) >= 11 is 0. The minimum absolute atomic E-state index is 0.273. The number of nitrogens with zero attached hydrogens (tertiary/aromatic N) is 2. The SMILES string of the molecule is CCn1ncc(N)c1C(=O)Nc1ccccc1COC. The second-order valence-corrected chi connectivity index (χ2v) is 4.31. The average Bonchev–Trinajstić information content (AvgIpc) is 2.82. The molecule has 1 aromatic carbocycles. The van der Waals surface area contributed by atoms with Gasteiger partial charge >= 0.3 is 0 Å². The highest BCUT2D eigenvalue weighted by Gasteiger charge is 2.17. The molecule has 0 spiro atoms.